The van der Waals surface area contributed by atoms with Crippen LogP contribution in [0.15, 0.2) is 53.5 Å². The zero-order valence-corrected chi connectivity index (χ0v) is 17.4. The first-order valence-corrected chi connectivity index (χ1v) is 9.37. The van der Waals surface area contributed by atoms with Crippen LogP contribution in [0, 0.1) is 13.7 Å². The summed E-state index contributed by atoms with van der Waals surface area (Å²) in [6, 6.07) is 10.6. The molecule has 0 aliphatic heterocycles. The monoisotopic (exact) mass is 516 g/mol. The average molecular weight is 517 g/mol. The fourth-order valence-corrected chi connectivity index (χ4v) is 3.26. The van der Waals surface area contributed by atoms with Gasteiger partial charge in [0.1, 0.15) is 11.5 Å². The quantitative estimate of drug-likeness (QED) is 0.254. The van der Waals surface area contributed by atoms with E-state index in [9.17, 15) is 14.9 Å². The van der Waals surface area contributed by atoms with Crippen molar-refractivity contribution in [1.82, 2.24) is 4.57 Å². The molecule has 0 aliphatic rings. The lowest BCUT2D eigenvalue weighted by Gasteiger charge is -2.14. The third kappa shape index (κ3) is 4.26. The molecule has 6 nitrogen and oxygen atoms in total. The van der Waals surface area contributed by atoms with Gasteiger partial charge in [-0.05, 0) is 40.8 Å². The molecule has 0 atom stereocenters. The number of benzene rings is 2. The number of rotatable bonds is 4. The molecule has 3 rings (SSSR count). The standard InChI is InChI=1S/C18H11Cl2IN2O4/c1-22-9-13(14(20)8-18(22)24)12-7-11(23(25)26)3-5-16(12)27-17-6-10(19)2-4-15(17)21/h2-9H,1H3. The number of pyridine rings is 1. The summed E-state index contributed by atoms with van der Waals surface area (Å²) in [5.41, 5.74) is 0.416. The van der Waals surface area contributed by atoms with E-state index in [1.54, 1.807) is 25.2 Å². The van der Waals surface area contributed by atoms with Crippen molar-refractivity contribution in [3.63, 3.8) is 0 Å². The fourth-order valence-electron chi connectivity index (χ4n) is 2.41. The molecule has 2 aromatic carbocycles. The number of aromatic nitrogens is 1. The molecule has 0 saturated heterocycles. The number of nitro groups is 1. The molecule has 0 radical (unpaired) electrons. The number of nitrogens with zero attached hydrogens (tertiary/aromatic N) is 2. The Hall–Kier alpha value is -2.10. The summed E-state index contributed by atoms with van der Waals surface area (Å²) in [4.78, 5) is 22.5. The Balaban J connectivity index is 2.20. The highest BCUT2D eigenvalue weighted by Gasteiger charge is 2.18. The van der Waals surface area contributed by atoms with Crippen LogP contribution in [0.5, 0.6) is 11.5 Å². The Kier molecular flexibility index (Phi) is 5.73. The van der Waals surface area contributed by atoms with Gasteiger partial charge in [0.2, 0.25) is 0 Å². The average Bonchev–Trinajstić information content (AvgIpc) is 2.61. The van der Waals surface area contributed by atoms with Crippen LogP contribution in [-0.2, 0) is 7.05 Å². The zero-order valence-electron chi connectivity index (χ0n) is 13.8. The number of hydrogen-bond acceptors (Lipinski definition) is 4. The SMILES string of the molecule is Cn1cc(-c2cc([N+](=O)[O-])ccc2Oc2cc(Cl)ccc2I)c(Cl)cc1=O. The van der Waals surface area contributed by atoms with Gasteiger partial charge in [-0.3, -0.25) is 14.9 Å². The van der Waals surface area contributed by atoms with Crippen LogP contribution in [0.3, 0.4) is 0 Å². The van der Waals surface area contributed by atoms with Gasteiger partial charge in [0, 0.05) is 53.7 Å². The maximum atomic E-state index is 11.8. The molecule has 0 unspecified atom stereocenters. The molecular formula is C18H11Cl2IN2O4. The van der Waals surface area contributed by atoms with E-state index >= 15 is 0 Å². The third-order valence-corrected chi connectivity index (χ3v) is 5.19. The van der Waals surface area contributed by atoms with Crippen LogP contribution in [0.2, 0.25) is 10.0 Å². The summed E-state index contributed by atoms with van der Waals surface area (Å²) in [6.07, 6.45) is 1.51. The van der Waals surface area contributed by atoms with Crippen molar-refractivity contribution >= 4 is 51.5 Å². The van der Waals surface area contributed by atoms with Crippen molar-refractivity contribution in [3.8, 4) is 22.6 Å². The lowest BCUT2D eigenvalue weighted by molar-refractivity contribution is -0.384. The van der Waals surface area contributed by atoms with Crippen molar-refractivity contribution < 1.29 is 9.66 Å². The van der Waals surface area contributed by atoms with Gasteiger partial charge in [0.15, 0.2) is 0 Å². The van der Waals surface area contributed by atoms with Gasteiger partial charge in [-0.1, -0.05) is 23.2 Å². The summed E-state index contributed by atoms with van der Waals surface area (Å²) in [5, 5.41) is 11.9. The molecule has 9 heteroatoms. The van der Waals surface area contributed by atoms with Gasteiger partial charge >= 0.3 is 0 Å². The lowest BCUT2D eigenvalue weighted by Crippen LogP contribution is -2.14. The summed E-state index contributed by atoms with van der Waals surface area (Å²) in [6.45, 7) is 0. The second-order valence-corrected chi connectivity index (χ2v) is 7.60. The second kappa shape index (κ2) is 7.87. The van der Waals surface area contributed by atoms with Crippen LogP contribution in [0.1, 0.15) is 0 Å². The summed E-state index contributed by atoms with van der Waals surface area (Å²) >= 11 is 14.4. The van der Waals surface area contributed by atoms with E-state index in [2.05, 4.69) is 22.6 Å². The van der Waals surface area contributed by atoms with E-state index < -0.39 is 4.92 Å². The first kappa shape index (κ1) is 19.7. The minimum absolute atomic E-state index is 0.122. The van der Waals surface area contributed by atoms with E-state index in [1.807, 2.05) is 0 Å². The first-order valence-electron chi connectivity index (χ1n) is 7.54. The fraction of sp³-hybridized carbons (Fsp3) is 0.0556. The molecule has 1 aromatic heterocycles. The van der Waals surface area contributed by atoms with Gasteiger partial charge in [-0.25, -0.2) is 0 Å². The summed E-state index contributed by atoms with van der Waals surface area (Å²) in [5.74, 6) is 0.848. The number of nitro benzene ring substituents is 1. The summed E-state index contributed by atoms with van der Waals surface area (Å²) < 4.78 is 8.13. The predicted molar refractivity (Wildman–Crippen MR) is 113 cm³/mol. The largest absolute Gasteiger partial charge is 0.456 e. The number of aryl methyl sites for hydroxylation is 1. The van der Waals surface area contributed by atoms with Gasteiger partial charge in [0.05, 0.1) is 13.5 Å². The molecule has 0 N–H and O–H groups in total. The minimum Gasteiger partial charge on any atom is -0.456 e. The molecule has 0 spiro atoms. The second-order valence-electron chi connectivity index (χ2n) is 5.60. The molecule has 138 valence electrons. The smallest absolute Gasteiger partial charge is 0.270 e. The van der Waals surface area contributed by atoms with E-state index in [1.165, 1.54) is 35.0 Å². The Labute approximate surface area is 177 Å². The highest BCUT2D eigenvalue weighted by atomic mass is 127. The highest BCUT2D eigenvalue weighted by Crippen LogP contribution is 2.40. The van der Waals surface area contributed by atoms with Gasteiger partial charge in [0.25, 0.3) is 11.2 Å². The predicted octanol–water partition coefficient (Wildman–Crippen LogP) is 5.66. The molecule has 0 aliphatic carbocycles. The third-order valence-electron chi connectivity index (χ3n) is 3.76. The van der Waals surface area contributed by atoms with Crippen LogP contribution >= 0.6 is 45.8 Å². The zero-order chi connectivity index (χ0) is 19.7. The van der Waals surface area contributed by atoms with Crippen LogP contribution in [0.4, 0.5) is 5.69 Å². The van der Waals surface area contributed by atoms with Crippen molar-refractivity contribution in [2.45, 2.75) is 0 Å². The van der Waals surface area contributed by atoms with Crippen molar-refractivity contribution in [3.05, 3.63) is 82.7 Å². The number of ether oxygens (including phenoxy) is 1. The minimum atomic E-state index is -0.508. The number of non-ortho nitro benzene ring substituents is 1. The van der Waals surface area contributed by atoms with E-state index in [0.29, 0.717) is 27.6 Å². The van der Waals surface area contributed by atoms with Gasteiger partial charge in [-0.15, -0.1) is 0 Å². The Morgan fingerprint density at radius 1 is 1.07 bits per heavy atom. The highest BCUT2D eigenvalue weighted by molar-refractivity contribution is 14.1. The van der Waals surface area contributed by atoms with Crippen LogP contribution in [0.25, 0.3) is 11.1 Å². The molecule has 0 fully saturated rings. The number of hydrogen-bond donors (Lipinski definition) is 0. The van der Waals surface area contributed by atoms with Crippen LogP contribution < -0.4 is 10.3 Å². The molecule has 1 heterocycles. The molecule has 3 aromatic rings. The lowest BCUT2D eigenvalue weighted by atomic mass is 10.1. The van der Waals surface area contributed by atoms with Crippen LogP contribution in [-0.4, -0.2) is 9.49 Å². The van der Waals surface area contributed by atoms with Gasteiger partial charge in [-0.2, -0.15) is 0 Å². The maximum Gasteiger partial charge on any atom is 0.270 e. The van der Waals surface area contributed by atoms with Crippen molar-refractivity contribution in [1.29, 1.82) is 0 Å². The first-order chi connectivity index (χ1) is 12.8. The van der Waals surface area contributed by atoms with Gasteiger partial charge < -0.3 is 9.30 Å². The van der Waals surface area contributed by atoms with E-state index in [-0.39, 0.29) is 16.3 Å². The van der Waals surface area contributed by atoms with E-state index in [4.69, 9.17) is 27.9 Å². The Morgan fingerprint density at radius 2 is 1.81 bits per heavy atom. The summed E-state index contributed by atoms with van der Waals surface area (Å²) in [7, 11) is 1.57. The normalized spacial score (nSPS) is 10.7. The van der Waals surface area contributed by atoms with Crippen molar-refractivity contribution in [2.24, 2.45) is 7.05 Å². The maximum absolute atomic E-state index is 11.8. The molecule has 0 bridgehead atoms. The Bertz CT molecular complexity index is 1120. The van der Waals surface area contributed by atoms with Crippen molar-refractivity contribution in [2.75, 3.05) is 0 Å². The topological polar surface area (TPSA) is 74.4 Å². The molecule has 0 amide bonds. The molecular weight excluding hydrogens is 506 g/mol. The van der Waals surface area contributed by atoms with E-state index in [0.717, 1.165) is 3.57 Å². The molecule has 0 saturated carbocycles. The Morgan fingerprint density at radius 3 is 2.52 bits per heavy atom. The molecule has 27 heavy (non-hydrogen) atoms. The number of halogens is 3.